The Hall–Kier alpha value is -3.58. The fourth-order valence-corrected chi connectivity index (χ4v) is 4.72. The third kappa shape index (κ3) is 4.24. The summed E-state index contributed by atoms with van der Waals surface area (Å²) in [5.74, 6) is -0.501. The lowest BCUT2D eigenvalue weighted by atomic mass is 10.1. The van der Waals surface area contributed by atoms with Crippen LogP contribution in [0, 0.1) is 6.92 Å². The van der Waals surface area contributed by atoms with Crippen molar-refractivity contribution < 1.29 is 14.4 Å². The zero-order valence-electron chi connectivity index (χ0n) is 18.1. The van der Waals surface area contributed by atoms with Crippen LogP contribution >= 0.6 is 11.8 Å². The van der Waals surface area contributed by atoms with E-state index in [1.54, 1.807) is 29.2 Å². The predicted octanol–water partition coefficient (Wildman–Crippen LogP) is 5.34. The van der Waals surface area contributed by atoms with Crippen molar-refractivity contribution >= 4 is 46.5 Å². The monoisotopic (exact) mass is 445 g/mol. The van der Waals surface area contributed by atoms with E-state index in [0.717, 1.165) is 21.0 Å². The molecule has 2 N–H and O–H groups in total. The molecule has 0 saturated heterocycles. The zero-order valence-corrected chi connectivity index (χ0v) is 18.9. The lowest BCUT2D eigenvalue weighted by molar-refractivity contribution is -0.114. The molecule has 0 aliphatic carbocycles. The van der Waals surface area contributed by atoms with Crippen molar-refractivity contribution in [3.8, 4) is 0 Å². The Balaban J connectivity index is 1.64. The third-order valence-electron chi connectivity index (χ3n) is 5.22. The molecule has 0 fully saturated rings. The highest BCUT2D eigenvalue weighted by molar-refractivity contribution is 7.99. The van der Waals surface area contributed by atoms with Crippen LogP contribution < -0.4 is 15.5 Å². The smallest absolute Gasteiger partial charge is 0.259 e. The molecule has 1 aliphatic heterocycles. The van der Waals surface area contributed by atoms with Crippen molar-refractivity contribution in [3.05, 3.63) is 77.4 Å². The van der Waals surface area contributed by atoms with Crippen LogP contribution in [0.1, 0.15) is 40.1 Å². The van der Waals surface area contributed by atoms with Crippen molar-refractivity contribution in [1.29, 1.82) is 0 Å². The molecule has 0 spiro atoms. The van der Waals surface area contributed by atoms with Crippen LogP contribution in [0.3, 0.4) is 0 Å². The molecular weight excluding hydrogens is 422 g/mol. The van der Waals surface area contributed by atoms with Crippen LogP contribution in [0.25, 0.3) is 0 Å². The van der Waals surface area contributed by atoms with Crippen LogP contribution in [0.2, 0.25) is 0 Å². The Kier molecular flexibility index (Phi) is 6.01. The molecule has 0 atom stereocenters. The minimum Gasteiger partial charge on any atom is -0.326 e. The maximum Gasteiger partial charge on any atom is 0.259 e. The first-order chi connectivity index (χ1) is 15.4. The second kappa shape index (κ2) is 8.88. The van der Waals surface area contributed by atoms with Gasteiger partial charge in [0.25, 0.3) is 11.8 Å². The second-order valence-corrected chi connectivity index (χ2v) is 8.58. The van der Waals surface area contributed by atoms with Crippen LogP contribution in [-0.2, 0) is 4.79 Å². The number of nitrogens with zero attached hydrogens (tertiary/aromatic N) is 1. The molecule has 3 amide bonds. The Morgan fingerprint density at radius 2 is 1.75 bits per heavy atom. The second-order valence-electron chi connectivity index (χ2n) is 7.50. The summed E-state index contributed by atoms with van der Waals surface area (Å²) in [6.07, 6.45) is 0. The number of aryl methyl sites for hydroxylation is 1. The van der Waals surface area contributed by atoms with Gasteiger partial charge in [0.2, 0.25) is 5.91 Å². The Bertz CT molecular complexity index is 1240. The summed E-state index contributed by atoms with van der Waals surface area (Å²) in [7, 11) is 0. The van der Waals surface area contributed by atoms with Gasteiger partial charge in [-0.05, 0) is 61.9 Å². The average Bonchev–Trinajstić information content (AvgIpc) is 2.88. The lowest BCUT2D eigenvalue weighted by Crippen LogP contribution is -2.30. The van der Waals surface area contributed by atoms with Crippen molar-refractivity contribution in [2.45, 2.75) is 30.6 Å². The molecule has 3 aromatic carbocycles. The van der Waals surface area contributed by atoms with E-state index >= 15 is 0 Å². The van der Waals surface area contributed by atoms with E-state index in [2.05, 4.69) is 10.6 Å². The van der Waals surface area contributed by atoms with E-state index in [1.807, 2.05) is 50.2 Å². The number of fused-ring (bicyclic) bond motifs is 2. The first-order valence-corrected chi connectivity index (χ1v) is 11.1. The minimum absolute atomic E-state index is 0.0312. The molecule has 4 rings (SSSR count). The molecule has 0 unspecified atom stereocenters. The van der Waals surface area contributed by atoms with Crippen LogP contribution in [0.4, 0.5) is 17.1 Å². The van der Waals surface area contributed by atoms with E-state index < -0.39 is 0 Å². The summed E-state index contributed by atoms with van der Waals surface area (Å²) >= 11 is 1.51. The lowest BCUT2D eigenvalue weighted by Gasteiger charge is -2.21. The number of nitrogens with one attached hydrogen (secondary N) is 2. The normalized spacial score (nSPS) is 12.5. The number of hydrogen-bond acceptors (Lipinski definition) is 4. The van der Waals surface area contributed by atoms with Gasteiger partial charge >= 0.3 is 0 Å². The summed E-state index contributed by atoms with van der Waals surface area (Å²) < 4.78 is 0. The first-order valence-electron chi connectivity index (χ1n) is 10.3. The fraction of sp³-hybridized carbons (Fsp3) is 0.160. The largest absolute Gasteiger partial charge is 0.326 e. The number of carbonyl (C=O) groups is 3. The standard InChI is InChI=1S/C25H23N3O3S/c1-4-28-21-12-11-18(14-23(21)32-22-8-6-5-7-19(22)25(28)31)27-24(30)17-10-9-15(2)20(13-17)26-16(3)29/h5-14H,4H2,1-3H3,(H,26,29)(H,27,30). The Morgan fingerprint density at radius 1 is 0.969 bits per heavy atom. The van der Waals surface area contributed by atoms with Gasteiger partial charge in [0.15, 0.2) is 0 Å². The quantitative estimate of drug-likeness (QED) is 0.568. The number of amides is 3. The van der Waals surface area contributed by atoms with Gasteiger partial charge in [-0.15, -0.1) is 0 Å². The van der Waals surface area contributed by atoms with Gasteiger partial charge in [-0.25, -0.2) is 0 Å². The molecule has 32 heavy (non-hydrogen) atoms. The highest BCUT2D eigenvalue weighted by Crippen LogP contribution is 2.42. The Morgan fingerprint density at radius 3 is 2.50 bits per heavy atom. The van der Waals surface area contributed by atoms with Gasteiger partial charge in [0.05, 0.1) is 11.3 Å². The molecule has 1 heterocycles. The molecule has 0 aromatic heterocycles. The van der Waals surface area contributed by atoms with E-state index in [1.165, 1.54) is 18.7 Å². The molecule has 0 saturated carbocycles. The van der Waals surface area contributed by atoms with Crippen molar-refractivity contribution in [1.82, 2.24) is 0 Å². The number of anilines is 3. The molecule has 0 bridgehead atoms. The van der Waals surface area contributed by atoms with Crippen LogP contribution in [-0.4, -0.2) is 24.3 Å². The van der Waals surface area contributed by atoms with Gasteiger partial charge in [-0.1, -0.05) is 30.0 Å². The predicted molar refractivity (Wildman–Crippen MR) is 128 cm³/mol. The van der Waals surface area contributed by atoms with E-state index in [0.29, 0.717) is 29.0 Å². The molecular formula is C25H23N3O3S. The third-order valence-corrected chi connectivity index (χ3v) is 6.34. The Labute approximate surface area is 191 Å². The number of rotatable bonds is 4. The number of benzene rings is 3. The van der Waals surface area contributed by atoms with Crippen LogP contribution in [0.5, 0.6) is 0 Å². The molecule has 0 radical (unpaired) electrons. The maximum atomic E-state index is 13.0. The molecule has 162 valence electrons. The van der Waals surface area contributed by atoms with Gasteiger partial charge in [-0.3, -0.25) is 14.4 Å². The van der Waals surface area contributed by atoms with Gasteiger partial charge in [0, 0.05) is 40.2 Å². The van der Waals surface area contributed by atoms with Gasteiger partial charge in [-0.2, -0.15) is 0 Å². The van der Waals surface area contributed by atoms with Gasteiger partial charge < -0.3 is 15.5 Å². The summed E-state index contributed by atoms with van der Waals surface area (Å²) in [6.45, 7) is 5.79. The molecule has 7 heteroatoms. The molecule has 6 nitrogen and oxygen atoms in total. The summed E-state index contributed by atoms with van der Waals surface area (Å²) in [6, 6.07) is 18.3. The fourth-order valence-electron chi connectivity index (χ4n) is 3.61. The van der Waals surface area contributed by atoms with Crippen molar-refractivity contribution in [2.24, 2.45) is 0 Å². The van der Waals surface area contributed by atoms with E-state index in [9.17, 15) is 14.4 Å². The summed E-state index contributed by atoms with van der Waals surface area (Å²) in [5, 5.41) is 5.67. The highest BCUT2D eigenvalue weighted by atomic mass is 32.2. The topological polar surface area (TPSA) is 78.5 Å². The minimum atomic E-state index is -0.279. The van der Waals surface area contributed by atoms with Crippen molar-refractivity contribution in [3.63, 3.8) is 0 Å². The zero-order chi connectivity index (χ0) is 22.8. The van der Waals surface area contributed by atoms with E-state index in [-0.39, 0.29) is 17.7 Å². The summed E-state index contributed by atoms with van der Waals surface area (Å²) in [4.78, 5) is 40.9. The number of carbonyl (C=O) groups excluding carboxylic acids is 3. The summed E-state index contributed by atoms with van der Waals surface area (Å²) in [5.41, 5.74) is 4.05. The average molecular weight is 446 g/mol. The van der Waals surface area contributed by atoms with Crippen LogP contribution in [0.15, 0.2) is 70.5 Å². The van der Waals surface area contributed by atoms with Gasteiger partial charge in [0.1, 0.15) is 0 Å². The SMILES string of the molecule is CCN1C(=O)c2ccccc2Sc2cc(NC(=O)c3ccc(C)c(NC(C)=O)c3)ccc21. The molecule has 3 aromatic rings. The highest BCUT2D eigenvalue weighted by Gasteiger charge is 2.26. The number of hydrogen-bond donors (Lipinski definition) is 2. The molecule has 1 aliphatic rings. The maximum absolute atomic E-state index is 13.0. The van der Waals surface area contributed by atoms with Crippen molar-refractivity contribution in [2.75, 3.05) is 22.1 Å². The van der Waals surface area contributed by atoms with E-state index in [4.69, 9.17) is 0 Å². The first kappa shape index (κ1) is 21.6.